The maximum absolute atomic E-state index is 13.1. The van der Waals surface area contributed by atoms with Gasteiger partial charge in [0, 0.05) is 37.9 Å². The summed E-state index contributed by atoms with van der Waals surface area (Å²) in [5.41, 5.74) is 1.57. The van der Waals surface area contributed by atoms with Gasteiger partial charge in [-0.15, -0.1) is 0 Å². The molecule has 4 aliphatic heterocycles. The number of hydrogen-bond donors (Lipinski definition) is 0. The van der Waals surface area contributed by atoms with Crippen molar-refractivity contribution in [2.24, 2.45) is 11.8 Å². The monoisotopic (exact) mass is 350 g/mol. The average molecular weight is 350 g/mol. The Bertz CT molecular complexity index is 739. The molecule has 1 aromatic rings. The average Bonchev–Trinajstić information content (AvgIpc) is 3.34. The van der Waals surface area contributed by atoms with E-state index in [1.54, 1.807) is 12.1 Å². The third-order valence-electron chi connectivity index (χ3n) is 7.07. The molecule has 26 heavy (non-hydrogen) atoms. The van der Waals surface area contributed by atoms with Crippen LogP contribution in [0.25, 0.3) is 0 Å². The van der Waals surface area contributed by atoms with Crippen LogP contribution in [0.5, 0.6) is 0 Å². The molecule has 1 aromatic carbocycles. The van der Waals surface area contributed by atoms with Crippen LogP contribution in [0.15, 0.2) is 24.3 Å². The first-order chi connectivity index (χ1) is 12.7. The Morgan fingerprint density at radius 1 is 0.962 bits per heavy atom. The number of carbonyl (C=O) groups is 1. The first-order valence-corrected chi connectivity index (χ1v) is 10.0. The second kappa shape index (κ2) is 6.37. The summed E-state index contributed by atoms with van der Waals surface area (Å²) in [6.45, 7) is 5.51. The minimum absolute atomic E-state index is 0.0493. The number of hydrogen-bond acceptors (Lipinski definition) is 4. The minimum atomic E-state index is 0.0493. The maximum atomic E-state index is 13.1. The fraction of sp³-hybridized carbons (Fsp3) is 0.619. The lowest BCUT2D eigenvalue weighted by Gasteiger charge is -2.34. The van der Waals surface area contributed by atoms with E-state index < -0.39 is 0 Å². The molecule has 0 N–H and O–H groups in total. The van der Waals surface area contributed by atoms with Crippen LogP contribution in [0, 0.1) is 23.2 Å². The zero-order valence-corrected chi connectivity index (χ0v) is 15.2. The summed E-state index contributed by atoms with van der Waals surface area (Å²) in [7, 11) is 0. The first-order valence-electron chi connectivity index (χ1n) is 10.0. The molecule has 0 spiro atoms. The smallest absolute Gasteiger partial charge is 0.244 e. The number of benzene rings is 1. The Hall–Kier alpha value is -1.90. The Kier molecular flexibility index (Phi) is 3.99. The Balaban J connectivity index is 1.27. The van der Waals surface area contributed by atoms with Crippen LogP contribution in [-0.4, -0.2) is 60.5 Å². The number of nitriles is 1. The van der Waals surface area contributed by atoms with E-state index in [4.69, 9.17) is 5.26 Å². The van der Waals surface area contributed by atoms with Gasteiger partial charge in [-0.25, -0.2) is 0 Å². The number of nitrogens with zero attached hydrogens (tertiary/aromatic N) is 4. The van der Waals surface area contributed by atoms with E-state index in [-0.39, 0.29) is 11.9 Å². The minimum Gasteiger partial charge on any atom is -0.311 e. The lowest BCUT2D eigenvalue weighted by molar-refractivity contribution is -0.121. The van der Waals surface area contributed by atoms with Gasteiger partial charge < -0.3 is 4.90 Å². The molecule has 5 rings (SSSR count). The fourth-order valence-electron chi connectivity index (χ4n) is 5.82. The SMILES string of the molecule is N#Cc1ccc(N2CC[C@H](N3C[C@@H]4CN5CCCC[C@@H]5[C@H]4C3)C2=O)cc1. The van der Waals surface area contributed by atoms with Gasteiger partial charge in [0.15, 0.2) is 0 Å². The van der Waals surface area contributed by atoms with Crippen molar-refractivity contribution in [2.75, 3.05) is 37.6 Å². The van der Waals surface area contributed by atoms with Crippen LogP contribution in [-0.2, 0) is 4.79 Å². The van der Waals surface area contributed by atoms with E-state index >= 15 is 0 Å². The summed E-state index contributed by atoms with van der Waals surface area (Å²) >= 11 is 0. The van der Waals surface area contributed by atoms with Crippen LogP contribution < -0.4 is 4.90 Å². The van der Waals surface area contributed by atoms with E-state index in [0.29, 0.717) is 5.56 Å². The van der Waals surface area contributed by atoms with Gasteiger partial charge in [-0.2, -0.15) is 5.26 Å². The molecule has 0 bridgehead atoms. The van der Waals surface area contributed by atoms with Gasteiger partial charge in [-0.05, 0) is 61.9 Å². The molecular weight excluding hydrogens is 324 g/mol. The van der Waals surface area contributed by atoms with Crippen molar-refractivity contribution in [3.63, 3.8) is 0 Å². The van der Waals surface area contributed by atoms with Gasteiger partial charge in [-0.3, -0.25) is 14.6 Å². The van der Waals surface area contributed by atoms with Gasteiger partial charge in [0.2, 0.25) is 5.91 Å². The fourth-order valence-corrected chi connectivity index (χ4v) is 5.82. The molecule has 0 aromatic heterocycles. The summed E-state index contributed by atoms with van der Waals surface area (Å²) in [5.74, 6) is 1.78. The molecular formula is C21H26N4O. The summed E-state index contributed by atoms with van der Waals surface area (Å²) in [6, 6.07) is 10.4. The van der Waals surface area contributed by atoms with Crippen LogP contribution in [0.3, 0.4) is 0 Å². The molecule has 4 heterocycles. The van der Waals surface area contributed by atoms with Crippen molar-refractivity contribution in [3.05, 3.63) is 29.8 Å². The molecule has 4 fully saturated rings. The van der Waals surface area contributed by atoms with E-state index in [2.05, 4.69) is 15.9 Å². The Morgan fingerprint density at radius 3 is 2.58 bits per heavy atom. The number of piperidine rings is 1. The summed E-state index contributed by atoms with van der Waals surface area (Å²) in [5, 5.41) is 8.95. The number of anilines is 1. The van der Waals surface area contributed by atoms with Gasteiger partial charge in [0.1, 0.15) is 0 Å². The van der Waals surface area contributed by atoms with E-state index in [1.807, 2.05) is 17.0 Å². The van der Waals surface area contributed by atoms with Gasteiger partial charge in [0.05, 0.1) is 17.7 Å². The molecule has 0 aliphatic carbocycles. The second-order valence-corrected chi connectivity index (χ2v) is 8.39. The number of rotatable bonds is 2. The topological polar surface area (TPSA) is 50.6 Å². The molecule has 0 unspecified atom stereocenters. The van der Waals surface area contributed by atoms with E-state index in [1.165, 1.54) is 32.4 Å². The summed E-state index contributed by atoms with van der Waals surface area (Å²) in [6.07, 6.45) is 5.01. The van der Waals surface area contributed by atoms with E-state index in [0.717, 1.165) is 49.6 Å². The number of carbonyl (C=O) groups excluding carboxylic acids is 1. The molecule has 4 saturated heterocycles. The van der Waals surface area contributed by atoms with Crippen molar-refractivity contribution >= 4 is 11.6 Å². The lowest BCUT2D eigenvalue weighted by Crippen LogP contribution is -2.44. The normalized spacial score (nSPS) is 34.7. The Labute approximate surface area is 155 Å². The quantitative estimate of drug-likeness (QED) is 0.819. The zero-order valence-electron chi connectivity index (χ0n) is 15.2. The molecule has 0 radical (unpaired) electrons. The van der Waals surface area contributed by atoms with Crippen LogP contribution >= 0.6 is 0 Å². The molecule has 1 amide bonds. The van der Waals surface area contributed by atoms with Crippen molar-refractivity contribution in [3.8, 4) is 6.07 Å². The number of fused-ring (bicyclic) bond motifs is 3. The van der Waals surface area contributed by atoms with Crippen molar-refractivity contribution < 1.29 is 4.79 Å². The second-order valence-electron chi connectivity index (χ2n) is 8.39. The standard InChI is InChI=1S/C21H26N4O/c22-11-15-4-6-17(7-5-15)25-10-8-20(21(25)26)24-13-16-12-23-9-2-1-3-19(23)18(16)14-24/h4-7,16,18-20H,1-3,8-10,12-14H2/t16-,18-,19+,20-/m0/s1. The zero-order chi connectivity index (χ0) is 17.7. The highest BCUT2D eigenvalue weighted by atomic mass is 16.2. The lowest BCUT2D eigenvalue weighted by atomic mass is 9.90. The molecule has 4 aliphatic rings. The van der Waals surface area contributed by atoms with Crippen molar-refractivity contribution in [2.45, 2.75) is 37.8 Å². The largest absolute Gasteiger partial charge is 0.311 e. The predicted octanol–water partition coefficient (Wildman–Crippen LogP) is 2.08. The van der Waals surface area contributed by atoms with Crippen LogP contribution in [0.1, 0.15) is 31.2 Å². The number of likely N-dealkylation sites (tertiary alicyclic amines) is 1. The van der Waals surface area contributed by atoms with Crippen LogP contribution in [0.2, 0.25) is 0 Å². The first kappa shape index (κ1) is 16.3. The highest BCUT2D eigenvalue weighted by molar-refractivity contribution is 5.99. The third-order valence-corrected chi connectivity index (χ3v) is 7.07. The van der Waals surface area contributed by atoms with Gasteiger partial charge >= 0.3 is 0 Å². The van der Waals surface area contributed by atoms with Gasteiger partial charge in [-0.1, -0.05) is 6.42 Å². The molecule has 4 atom stereocenters. The summed E-state index contributed by atoms with van der Waals surface area (Å²) < 4.78 is 0. The van der Waals surface area contributed by atoms with Crippen LogP contribution in [0.4, 0.5) is 5.69 Å². The van der Waals surface area contributed by atoms with E-state index in [9.17, 15) is 4.79 Å². The van der Waals surface area contributed by atoms with Gasteiger partial charge in [0.25, 0.3) is 0 Å². The Morgan fingerprint density at radius 2 is 1.77 bits per heavy atom. The predicted molar refractivity (Wildman–Crippen MR) is 99.7 cm³/mol. The molecule has 5 heteroatoms. The highest BCUT2D eigenvalue weighted by Crippen LogP contribution is 2.42. The highest BCUT2D eigenvalue weighted by Gasteiger charge is 2.50. The third kappa shape index (κ3) is 2.55. The maximum Gasteiger partial charge on any atom is 0.244 e. The molecule has 0 saturated carbocycles. The summed E-state index contributed by atoms with van der Waals surface area (Å²) in [4.78, 5) is 20.2. The van der Waals surface area contributed by atoms with Crippen molar-refractivity contribution in [1.29, 1.82) is 5.26 Å². The number of amides is 1. The molecule has 5 nitrogen and oxygen atoms in total. The van der Waals surface area contributed by atoms with Crippen molar-refractivity contribution in [1.82, 2.24) is 9.80 Å². The molecule has 136 valence electrons.